The first-order valence-corrected chi connectivity index (χ1v) is 5.56. The summed E-state index contributed by atoms with van der Waals surface area (Å²) in [5, 5.41) is 0. The predicted molar refractivity (Wildman–Crippen MR) is 65.7 cm³/mol. The number of pyridine rings is 1. The lowest BCUT2D eigenvalue weighted by Crippen LogP contribution is -2.29. The van der Waals surface area contributed by atoms with Gasteiger partial charge in [0.25, 0.3) is 5.91 Å². The van der Waals surface area contributed by atoms with Crippen LogP contribution in [0.1, 0.15) is 16.2 Å². The van der Waals surface area contributed by atoms with Crippen LogP contribution in [0.3, 0.4) is 0 Å². The highest BCUT2D eigenvalue weighted by Crippen LogP contribution is 2.02. The van der Waals surface area contributed by atoms with Gasteiger partial charge in [-0.15, -0.1) is 0 Å². The minimum atomic E-state index is 0.00549. The van der Waals surface area contributed by atoms with Gasteiger partial charge >= 0.3 is 0 Å². The average molecular weight is 229 g/mol. The van der Waals surface area contributed by atoms with Crippen LogP contribution >= 0.6 is 0 Å². The van der Waals surface area contributed by atoms with Crippen LogP contribution in [0.4, 0.5) is 0 Å². The summed E-state index contributed by atoms with van der Waals surface area (Å²) in [5.41, 5.74) is 1.62. The summed E-state index contributed by atoms with van der Waals surface area (Å²) in [6.07, 6.45) is 4.28. The molecule has 1 N–H and O–H groups in total. The van der Waals surface area contributed by atoms with Gasteiger partial charge in [-0.1, -0.05) is 6.07 Å². The van der Waals surface area contributed by atoms with Gasteiger partial charge in [0.2, 0.25) is 0 Å². The molecule has 0 aliphatic carbocycles. The van der Waals surface area contributed by atoms with E-state index in [4.69, 9.17) is 0 Å². The molecule has 0 aliphatic heterocycles. The molecule has 0 unspecified atom stereocenters. The molecule has 0 saturated heterocycles. The van der Waals surface area contributed by atoms with Gasteiger partial charge in [-0.3, -0.25) is 9.78 Å². The highest BCUT2D eigenvalue weighted by Gasteiger charge is 2.11. The number of rotatable bonds is 4. The molecule has 0 spiro atoms. The Bertz CT molecular complexity index is 465. The van der Waals surface area contributed by atoms with Crippen molar-refractivity contribution in [2.45, 2.75) is 6.42 Å². The van der Waals surface area contributed by atoms with Gasteiger partial charge in [0.15, 0.2) is 0 Å². The molecule has 0 saturated carbocycles. The van der Waals surface area contributed by atoms with E-state index in [2.05, 4.69) is 9.97 Å². The van der Waals surface area contributed by atoms with Crippen LogP contribution in [0.25, 0.3) is 0 Å². The fourth-order valence-corrected chi connectivity index (χ4v) is 1.60. The van der Waals surface area contributed by atoms with Gasteiger partial charge in [-0.05, 0) is 24.3 Å². The Morgan fingerprint density at radius 2 is 2.24 bits per heavy atom. The van der Waals surface area contributed by atoms with E-state index < -0.39 is 0 Å². The molecule has 0 radical (unpaired) electrons. The van der Waals surface area contributed by atoms with Crippen LogP contribution in [0.5, 0.6) is 0 Å². The number of carbonyl (C=O) groups excluding carboxylic acids is 1. The number of aromatic amines is 1. The Labute approximate surface area is 100 Å². The number of nitrogens with zero attached hydrogens (tertiary/aromatic N) is 2. The number of hydrogen-bond donors (Lipinski definition) is 1. The van der Waals surface area contributed by atoms with Crippen LogP contribution in [0, 0.1) is 0 Å². The number of likely N-dealkylation sites (N-methyl/N-ethyl adjacent to an activating group) is 1. The molecule has 2 aromatic rings. The lowest BCUT2D eigenvalue weighted by molar-refractivity contribution is 0.0791. The van der Waals surface area contributed by atoms with E-state index in [0.717, 1.165) is 12.1 Å². The molecule has 2 rings (SSSR count). The molecular weight excluding hydrogens is 214 g/mol. The SMILES string of the molecule is CN(CCc1ccccn1)C(=O)c1ccc[nH]1. The van der Waals surface area contributed by atoms with E-state index in [-0.39, 0.29) is 5.91 Å². The summed E-state index contributed by atoms with van der Waals surface area (Å²) in [6, 6.07) is 9.40. The first-order chi connectivity index (χ1) is 8.27. The van der Waals surface area contributed by atoms with Crippen molar-refractivity contribution in [2.24, 2.45) is 0 Å². The van der Waals surface area contributed by atoms with Gasteiger partial charge in [-0.25, -0.2) is 0 Å². The van der Waals surface area contributed by atoms with Crippen molar-refractivity contribution < 1.29 is 4.79 Å². The maximum atomic E-state index is 11.9. The highest BCUT2D eigenvalue weighted by molar-refractivity contribution is 5.92. The van der Waals surface area contributed by atoms with E-state index in [9.17, 15) is 4.79 Å². The van der Waals surface area contributed by atoms with Crippen molar-refractivity contribution in [3.8, 4) is 0 Å². The van der Waals surface area contributed by atoms with E-state index in [1.165, 1.54) is 0 Å². The highest BCUT2D eigenvalue weighted by atomic mass is 16.2. The molecule has 4 heteroatoms. The molecule has 0 fully saturated rings. The molecule has 2 heterocycles. The molecule has 0 aliphatic rings. The van der Waals surface area contributed by atoms with Crippen LogP contribution in [0.15, 0.2) is 42.7 Å². The van der Waals surface area contributed by atoms with Crippen LogP contribution in [0.2, 0.25) is 0 Å². The van der Waals surface area contributed by atoms with Crippen LogP contribution < -0.4 is 0 Å². The second-order valence-electron chi connectivity index (χ2n) is 3.88. The zero-order valence-electron chi connectivity index (χ0n) is 9.76. The lowest BCUT2D eigenvalue weighted by Gasteiger charge is -2.15. The van der Waals surface area contributed by atoms with Crippen LogP contribution in [-0.2, 0) is 6.42 Å². The van der Waals surface area contributed by atoms with Crippen LogP contribution in [-0.4, -0.2) is 34.4 Å². The number of aromatic nitrogens is 2. The number of nitrogens with one attached hydrogen (secondary N) is 1. The van der Waals surface area contributed by atoms with Crippen molar-refractivity contribution in [2.75, 3.05) is 13.6 Å². The predicted octanol–water partition coefficient (Wildman–Crippen LogP) is 1.72. The van der Waals surface area contributed by atoms with E-state index >= 15 is 0 Å². The second kappa shape index (κ2) is 5.30. The maximum absolute atomic E-state index is 11.9. The summed E-state index contributed by atoms with van der Waals surface area (Å²) >= 11 is 0. The Morgan fingerprint density at radius 1 is 1.35 bits per heavy atom. The standard InChI is InChI=1S/C13H15N3O/c1-16(13(17)12-6-4-9-15-12)10-7-11-5-2-3-8-14-11/h2-6,8-9,15H,7,10H2,1H3. The zero-order valence-corrected chi connectivity index (χ0v) is 9.76. The molecule has 0 bridgehead atoms. The average Bonchev–Trinajstić information content (AvgIpc) is 2.90. The molecule has 0 aromatic carbocycles. The Balaban J connectivity index is 1.90. The van der Waals surface area contributed by atoms with Crippen molar-refractivity contribution in [3.63, 3.8) is 0 Å². The third-order valence-electron chi connectivity index (χ3n) is 2.60. The van der Waals surface area contributed by atoms with Crippen molar-refractivity contribution in [1.82, 2.24) is 14.9 Å². The van der Waals surface area contributed by atoms with Crippen molar-refractivity contribution in [1.29, 1.82) is 0 Å². The summed E-state index contributed by atoms with van der Waals surface area (Å²) in [4.78, 5) is 20.7. The number of hydrogen-bond acceptors (Lipinski definition) is 2. The number of H-pyrrole nitrogens is 1. The van der Waals surface area contributed by atoms with E-state index in [1.807, 2.05) is 24.3 Å². The molecule has 17 heavy (non-hydrogen) atoms. The minimum Gasteiger partial charge on any atom is -0.357 e. The fourth-order valence-electron chi connectivity index (χ4n) is 1.60. The van der Waals surface area contributed by atoms with E-state index in [0.29, 0.717) is 12.2 Å². The molecule has 4 nitrogen and oxygen atoms in total. The Morgan fingerprint density at radius 3 is 2.88 bits per heavy atom. The third kappa shape index (κ3) is 2.93. The summed E-state index contributed by atoms with van der Waals surface area (Å²) in [5.74, 6) is 0.00549. The van der Waals surface area contributed by atoms with Crippen molar-refractivity contribution in [3.05, 3.63) is 54.1 Å². The summed E-state index contributed by atoms with van der Waals surface area (Å²) in [6.45, 7) is 0.662. The van der Waals surface area contributed by atoms with Gasteiger partial charge in [0.1, 0.15) is 5.69 Å². The molecule has 0 atom stereocenters. The smallest absolute Gasteiger partial charge is 0.270 e. The van der Waals surface area contributed by atoms with Gasteiger partial charge in [-0.2, -0.15) is 0 Å². The first kappa shape index (κ1) is 11.4. The summed E-state index contributed by atoms with van der Waals surface area (Å²) in [7, 11) is 1.80. The Kier molecular flexibility index (Phi) is 3.55. The largest absolute Gasteiger partial charge is 0.357 e. The quantitative estimate of drug-likeness (QED) is 0.867. The number of amides is 1. The lowest BCUT2D eigenvalue weighted by atomic mass is 10.2. The van der Waals surface area contributed by atoms with Gasteiger partial charge < -0.3 is 9.88 Å². The monoisotopic (exact) mass is 229 g/mol. The number of carbonyl (C=O) groups is 1. The van der Waals surface area contributed by atoms with E-state index in [1.54, 1.807) is 30.4 Å². The Hall–Kier alpha value is -2.10. The second-order valence-corrected chi connectivity index (χ2v) is 3.88. The van der Waals surface area contributed by atoms with Gasteiger partial charge in [0, 0.05) is 38.1 Å². The van der Waals surface area contributed by atoms with Gasteiger partial charge in [0.05, 0.1) is 0 Å². The van der Waals surface area contributed by atoms with Crippen molar-refractivity contribution >= 4 is 5.91 Å². The normalized spacial score (nSPS) is 10.2. The molecular formula is C13H15N3O. The zero-order chi connectivity index (χ0) is 12.1. The first-order valence-electron chi connectivity index (χ1n) is 5.56. The molecule has 2 aromatic heterocycles. The fraction of sp³-hybridized carbons (Fsp3) is 0.231. The molecule has 1 amide bonds. The topological polar surface area (TPSA) is 49.0 Å². The maximum Gasteiger partial charge on any atom is 0.270 e. The molecule has 88 valence electrons. The third-order valence-corrected chi connectivity index (χ3v) is 2.60. The summed E-state index contributed by atoms with van der Waals surface area (Å²) < 4.78 is 0. The minimum absolute atomic E-state index is 0.00549.